The summed E-state index contributed by atoms with van der Waals surface area (Å²) in [6.07, 6.45) is 2.34. The maximum Gasteiger partial charge on any atom is 0.224 e. The molecule has 1 rings (SSSR count). The van der Waals surface area contributed by atoms with Gasteiger partial charge >= 0.3 is 0 Å². The zero-order chi connectivity index (χ0) is 10.8. The highest BCUT2D eigenvalue weighted by Gasteiger charge is 2.15. The minimum absolute atomic E-state index is 0.349. The number of aldehydes is 1. The normalized spacial score (nSPS) is 11.1. The Bertz CT molecular complexity index is 344. The molecule has 14 heavy (non-hydrogen) atoms. The molecule has 76 valence electrons. The lowest BCUT2D eigenvalue weighted by atomic mass is 10.2. The maximum atomic E-state index is 10.7. The zero-order valence-electron chi connectivity index (χ0n) is 8.37. The Morgan fingerprint density at radius 1 is 1.50 bits per heavy atom. The number of halogens is 1. The molecule has 0 aliphatic heterocycles. The van der Waals surface area contributed by atoms with Gasteiger partial charge in [0.1, 0.15) is 5.60 Å². The molecule has 0 saturated heterocycles. The van der Waals surface area contributed by atoms with Crippen molar-refractivity contribution in [2.75, 3.05) is 0 Å². The van der Waals surface area contributed by atoms with Gasteiger partial charge in [0.25, 0.3) is 0 Å². The van der Waals surface area contributed by atoms with Crippen molar-refractivity contribution >= 4 is 22.2 Å². The summed E-state index contributed by atoms with van der Waals surface area (Å²) in [4.78, 5) is 14.8. The fraction of sp³-hybridized carbons (Fsp3) is 0.400. The first-order valence-corrected chi connectivity index (χ1v) is 5.01. The second-order valence-electron chi connectivity index (χ2n) is 3.88. The number of hydrogen-bond acceptors (Lipinski definition) is 3. The van der Waals surface area contributed by atoms with Gasteiger partial charge in [-0.15, -0.1) is 0 Å². The topological polar surface area (TPSA) is 39.2 Å². The van der Waals surface area contributed by atoms with Gasteiger partial charge in [-0.05, 0) is 42.8 Å². The summed E-state index contributed by atoms with van der Waals surface area (Å²) in [5.74, 6) is 0.371. The summed E-state index contributed by atoms with van der Waals surface area (Å²) in [7, 11) is 0. The van der Waals surface area contributed by atoms with E-state index in [2.05, 4.69) is 20.9 Å². The summed E-state index contributed by atoms with van der Waals surface area (Å²) in [5.41, 5.74) is 0.104. The average Bonchev–Trinajstić information content (AvgIpc) is 2.06. The number of pyridine rings is 1. The summed E-state index contributed by atoms with van der Waals surface area (Å²) < 4.78 is 6.28. The molecule has 0 aliphatic rings. The van der Waals surface area contributed by atoms with E-state index < -0.39 is 0 Å². The molecule has 0 radical (unpaired) electrons. The van der Waals surface area contributed by atoms with Gasteiger partial charge < -0.3 is 4.74 Å². The standard InChI is InChI=1S/C10H12BrNO2/c1-10(2,3)14-9-7(6-13)4-8(11)5-12-9/h4-6H,1-3H3. The first-order valence-electron chi connectivity index (χ1n) is 4.22. The number of carbonyl (C=O) groups excluding carboxylic acids is 1. The molecule has 0 atom stereocenters. The number of nitrogens with zero attached hydrogens (tertiary/aromatic N) is 1. The average molecular weight is 258 g/mol. The predicted molar refractivity (Wildman–Crippen MR) is 57.7 cm³/mol. The van der Waals surface area contributed by atoms with Crippen LogP contribution in [0, 0.1) is 0 Å². The van der Waals surface area contributed by atoms with Gasteiger partial charge in [-0.1, -0.05) is 0 Å². The number of rotatable bonds is 2. The molecule has 3 nitrogen and oxygen atoms in total. The van der Waals surface area contributed by atoms with Crippen LogP contribution < -0.4 is 4.74 Å². The number of aromatic nitrogens is 1. The van der Waals surface area contributed by atoms with E-state index in [4.69, 9.17) is 4.74 Å². The van der Waals surface area contributed by atoms with Crippen LogP contribution in [0.5, 0.6) is 5.88 Å². The van der Waals surface area contributed by atoms with E-state index >= 15 is 0 Å². The van der Waals surface area contributed by atoms with Gasteiger partial charge in [-0.2, -0.15) is 0 Å². The van der Waals surface area contributed by atoms with Gasteiger partial charge in [0.05, 0.1) is 5.56 Å². The number of carbonyl (C=O) groups is 1. The van der Waals surface area contributed by atoms with E-state index in [1.54, 1.807) is 12.3 Å². The second kappa shape index (κ2) is 4.09. The van der Waals surface area contributed by atoms with Gasteiger partial charge in [0, 0.05) is 10.7 Å². The summed E-state index contributed by atoms with van der Waals surface area (Å²) >= 11 is 3.24. The van der Waals surface area contributed by atoms with Crippen LogP contribution in [-0.2, 0) is 0 Å². The molecule has 0 amide bonds. The monoisotopic (exact) mass is 257 g/mol. The minimum Gasteiger partial charge on any atom is -0.471 e. The third kappa shape index (κ3) is 3.10. The van der Waals surface area contributed by atoms with Crippen molar-refractivity contribution < 1.29 is 9.53 Å². The molecule has 0 N–H and O–H groups in total. The molecule has 4 heteroatoms. The third-order valence-electron chi connectivity index (χ3n) is 1.38. The zero-order valence-corrected chi connectivity index (χ0v) is 9.96. The molecule has 0 saturated carbocycles. The van der Waals surface area contributed by atoms with E-state index in [1.165, 1.54) is 0 Å². The van der Waals surface area contributed by atoms with E-state index in [1.807, 2.05) is 20.8 Å². The Kier molecular flexibility index (Phi) is 3.26. The fourth-order valence-corrected chi connectivity index (χ4v) is 1.25. The van der Waals surface area contributed by atoms with Gasteiger partial charge in [0.2, 0.25) is 5.88 Å². The van der Waals surface area contributed by atoms with Crippen molar-refractivity contribution in [3.63, 3.8) is 0 Å². The van der Waals surface area contributed by atoms with Gasteiger partial charge in [0.15, 0.2) is 6.29 Å². The lowest BCUT2D eigenvalue weighted by molar-refractivity contribution is 0.108. The first kappa shape index (κ1) is 11.2. The van der Waals surface area contributed by atoms with E-state index in [-0.39, 0.29) is 5.60 Å². The van der Waals surface area contributed by atoms with Gasteiger partial charge in [-0.25, -0.2) is 4.98 Å². The first-order chi connectivity index (χ1) is 6.42. The summed E-state index contributed by atoms with van der Waals surface area (Å²) in [6.45, 7) is 5.72. The van der Waals surface area contributed by atoms with Crippen molar-refractivity contribution in [1.82, 2.24) is 4.98 Å². The van der Waals surface area contributed by atoms with Crippen LogP contribution in [0.2, 0.25) is 0 Å². The van der Waals surface area contributed by atoms with Crippen LogP contribution in [-0.4, -0.2) is 16.9 Å². The van der Waals surface area contributed by atoms with Crippen LogP contribution in [0.25, 0.3) is 0 Å². The molecule has 1 aromatic rings. The van der Waals surface area contributed by atoms with Crippen LogP contribution in [0.3, 0.4) is 0 Å². The fourth-order valence-electron chi connectivity index (χ4n) is 0.902. The lowest BCUT2D eigenvalue weighted by Crippen LogP contribution is -2.24. The van der Waals surface area contributed by atoms with Crippen molar-refractivity contribution in [3.05, 3.63) is 22.3 Å². The Hall–Kier alpha value is -0.900. The third-order valence-corrected chi connectivity index (χ3v) is 1.81. The molecule has 0 aromatic carbocycles. The molecule has 1 aromatic heterocycles. The van der Waals surface area contributed by atoms with Crippen molar-refractivity contribution in [3.8, 4) is 5.88 Å². The van der Waals surface area contributed by atoms with Crippen LogP contribution >= 0.6 is 15.9 Å². The van der Waals surface area contributed by atoms with Crippen LogP contribution in [0.4, 0.5) is 0 Å². The molecule has 0 fully saturated rings. The molecule has 0 bridgehead atoms. The molecule has 0 spiro atoms. The van der Waals surface area contributed by atoms with Crippen LogP contribution in [0.1, 0.15) is 31.1 Å². The highest BCUT2D eigenvalue weighted by Crippen LogP contribution is 2.21. The molecular weight excluding hydrogens is 246 g/mol. The highest BCUT2D eigenvalue weighted by molar-refractivity contribution is 9.10. The maximum absolute atomic E-state index is 10.7. The molecule has 0 aliphatic carbocycles. The molecule has 1 heterocycles. The number of hydrogen-bond donors (Lipinski definition) is 0. The van der Waals surface area contributed by atoms with Crippen LogP contribution in [0.15, 0.2) is 16.7 Å². The van der Waals surface area contributed by atoms with E-state index in [0.29, 0.717) is 11.4 Å². The highest BCUT2D eigenvalue weighted by atomic mass is 79.9. The Balaban J connectivity index is 3.03. The lowest BCUT2D eigenvalue weighted by Gasteiger charge is -2.21. The summed E-state index contributed by atoms with van der Waals surface area (Å²) in [5, 5.41) is 0. The smallest absolute Gasteiger partial charge is 0.224 e. The van der Waals surface area contributed by atoms with Gasteiger partial charge in [-0.3, -0.25) is 4.79 Å². The van der Waals surface area contributed by atoms with Crippen molar-refractivity contribution in [1.29, 1.82) is 0 Å². The summed E-state index contributed by atoms with van der Waals surface area (Å²) in [6, 6.07) is 1.68. The van der Waals surface area contributed by atoms with E-state index in [9.17, 15) is 4.79 Å². The number of ether oxygens (including phenoxy) is 1. The largest absolute Gasteiger partial charge is 0.471 e. The SMILES string of the molecule is CC(C)(C)Oc1ncc(Br)cc1C=O. The second-order valence-corrected chi connectivity index (χ2v) is 4.80. The Morgan fingerprint density at radius 2 is 2.14 bits per heavy atom. The predicted octanol–water partition coefficient (Wildman–Crippen LogP) is 2.83. The van der Waals surface area contributed by atoms with E-state index in [0.717, 1.165) is 10.8 Å². The molecular formula is C10H12BrNO2. The minimum atomic E-state index is -0.349. The quantitative estimate of drug-likeness (QED) is 0.765. The van der Waals surface area contributed by atoms with Crippen molar-refractivity contribution in [2.45, 2.75) is 26.4 Å². The van der Waals surface area contributed by atoms with Crippen molar-refractivity contribution in [2.24, 2.45) is 0 Å². The Labute approximate surface area is 91.6 Å². The Morgan fingerprint density at radius 3 is 2.64 bits per heavy atom. The molecule has 0 unspecified atom stereocenters.